The van der Waals surface area contributed by atoms with Crippen molar-refractivity contribution in [1.82, 2.24) is 0 Å². The highest BCUT2D eigenvalue weighted by Gasteiger charge is 2.75. The van der Waals surface area contributed by atoms with Crippen LogP contribution < -0.4 is 0 Å². The first-order valence-electron chi connectivity index (χ1n) is 10.6. The molecule has 0 saturated heterocycles. The molecule has 1 rings (SSSR count). The summed E-state index contributed by atoms with van der Waals surface area (Å²) in [5.74, 6) is -21.1. The summed E-state index contributed by atoms with van der Waals surface area (Å²) in [6, 6.07) is 4.24. The summed E-state index contributed by atoms with van der Waals surface area (Å²) in [5.41, 5.74) is -0.705. The van der Waals surface area contributed by atoms with Gasteiger partial charge in [0.1, 0.15) is 0 Å². The Morgan fingerprint density at radius 1 is 0.824 bits per heavy atom. The van der Waals surface area contributed by atoms with Crippen molar-refractivity contribution in [3.63, 3.8) is 0 Å². The lowest BCUT2D eigenvalue weighted by molar-refractivity contribution is -0.343. The van der Waals surface area contributed by atoms with Crippen LogP contribution in [0.2, 0.25) is 0 Å². The van der Waals surface area contributed by atoms with Gasteiger partial charge in [-0.05, 0) is 24.6 Å². The molecule has 0 amide bonds. The third-order valence-electron chi connectivity index (χ3n) is 4.85. The quantitative estimate of drug-likeness (QED) is 0.147. The molecule has 0 atom stereocenters. The van der Waals surface area contributed by atoms with E-state index in [-0.39, 0.29) is 12.2 Å². The second kappa shape index (κ2) is 12.9. The van der Waals surface area contributed by atoms with Gasteiger partial charge in [0.05, 0.1) is 17.7 Å². The third-order valence-corrected chi connectivity index (χ3v) is 4.85. The maximum Gasteiger partial charge on any atom is 0.381 e. The number of carbonyl (C=O) groups excluding carboxylic acids is 2. The highest BCUT2D eigenvalue weighted by atomic mass is 19.4. The van der Waals surface area contributed by atoms with E-state index in [1.807, 2.05) is 0 Å². The summed E-state index contributed by atoms with van der Waals surface area (Å²) >= 11 is 0. The van der Waals surface area contributed by atoms with Crippen molar-refractivity contribution >= 4 is 11.9 Å². The Bertz CT molecular complexity index is 799. The number of carbonyl (C=O) groups is 2. The van der Waals surface area contributed by atoms with Gasteiger partial charge >= 0.3 is 36.1 Å². The number of benzene rings is 1. The van der Waals surface area contributed by atoms with Gasteiger partial charge < -0.3 is 9.47 Å². The number of unbranched alkanes of at least 4 members (excludes halogenated alkanes) is 6. The Balaban J connectivity index is 2.64. The molecule has 0 N–H and O–H groups in total. The molecule has 0 radical (unpaired) electrons. The van der Waals surface area contributed by atoms with Crippen molar-refractivity contribution in [1.29, 1.82) is 0 Å². The zero-order chi connectivity index (χ0) is 26.0. The molecule has 0 heterocycles. The third kappa shape index (κ3) is 7.83. The molecule has 34 heavy (non-hydrogen) atoms. The summed E-state index contributed by atoms with van der Waals surface area (Å²) in [6.07, 6.45) is 1.80. The first kappa shape index (κ1) is 29.6. The zero-order valence-electron chi connectivity index (χ0n) is 18.4. The van der Waals surface area contributed by atoms with E-state index in [2.05, 4.69) is 11.7 Å². The number of halogens is 8. The number of ether oxygens (including phenoxy) is 2. The molecule has 12 heteroatoms. The fourth-order valence-electron chi connectivity index (χ4n) is 2.79. The summed E-state index contributed by atoms with van der Waals surface area (Å²) in [6.45, 7) is -0.394. The fourth-order valence-corrected chi connectivity index (χ4v) is 2.79. The normalized spacial score (nSPS) is 12.6. The summed E-state index contributed by atoms with van der Waals surface area (Å²) in [4.78, 5) is 24.0. The van der Waals surface area contributed by atoms with Crippen molar-refractivity contribution in [2.75, 3.05) is 13.2 Å². The van der Waals surface area contributed by atoms with Crippen molar-refractivity contribution in [2.45, 2.75) is 76.1 Å². The Morgan fingerprint density at radius 2 is 1.32 bits per heavy atom. The minimum atomic E-state index is -6.49. The zero-order valence-corrected chi connectivity index (χ0v) is 18.4. The molecule has 0 spiro atoms. The van der Waals surface area contributed by atoms with Crippen molar-refractivity contribution in [2.24, 2.45) is 0 Å². The Morgan fingerprint density at radius 3 is 1.85 bits per heavy atom. The van der Waals surface area contributed by atoms with Gasteiger partial charge in [-0.25, -0.2) is 18.4 Å². The average Bonchev–Trinajstić information content (AvgIpc) is 2.78. The number of alkyl halides is 8. The van der Waals surface area contributed by atoms with Crippen LogP contribution in [0.5, 0.6) is 0 Å². The van der Waals surface area contributed by atoms with E-state index in [0.29, 0.717) is 6.42 Å². The number of esters is 2. The SMILES string of the molecule is CCCCCCCCCOC(=O)c1cccc(C(=O)OCC(F)(F)C(F)(F)C(F)(F)C(F)F)c1. The largest absolute Gasteiger partial charge is 0.462 e. The van der Waals surface area contributed by atoms with Gasteiger partial charge in [-0.15, -0.1) is 0 Å². The highest BCUT2D eigenvalue weighted by Crippen LogP contribution is 2.48. The Kier molecular flexibility index (Phi) is 11.2. The molecule has 0 bridgehead atoms. The van der Waals surface area contributed by atoms with E-state index in [1.54, 1.807) is 0 Å². The number of hydrogen-bond acceptors (Lipinski definition) is 4. The molecule has 1 aromatic carbocycles. The predicted molar refractivity (Wildman–Crippen MR) is 106 cm³/mol. The topological polar surface area (TPSA) is 52.6 Å². The van der Waals surface area contributed by atoms with Crippen molar-refractivity contribution in [3.8, 4) is 0 Å². The van der Waals surface area contributed by atoms with E-state index in [1.165, 1.54) is 6.07 Å². The Hall–Kier alpha value is -2.40. The first-order valence-corrected chi connectivity index (χ1v) is 10.6. The molecular formula is C22H26F8O4. The lowest BCUT2D eigenvalue weighted by atomic mass is 10.1. The molecule has 0 fully saturated rings. The molecule has 4 nitrogen and oxygen atoms in total. The van der Waals surface area contributed by atoms with E-state index >= 15 is 0 Å². The van der Waals surface area contributed by atoms with Gasteiger partial charge in [-0.1, -0.05) is 51.5 Å². The van der Waals surface area contributed by atoms with Gasteiger partial charge in [-0.3, -0.25) is 0 Å². The van der Waals surface area contributed by atoms with E-state index in [4.69, 9.17) is 4.74 Å². The van der Waals surface area contributed by atoms with Gasteiger partial charge in [0.15, 0.2) is 6.61 Å². The van der Waals surface area contributed by atoms with Crippen LogP contribution in [-0.2, 0) is 9.47 Å². The molecule has 0 aliphatic heterocycles. The van der Waals surface area contributed by atoms with Gasteiger partial charge in [-0.2, -0.15) is 26.3 Å². The Labute approximate surface area is 191 Å². The lowest BCUT2D eigenvalue weighted by Gasteiger charge is -2.31. The number of hydrogen-bond donors (Lipinski definition) is 0. The monoisotopic (exact) mass is 506 g/mol. The maximum atomic E-state index is 13.5. The van der Waals surface area contributed by atoms with Crippen LogP contribution in [0.1, 0.15) is 72.6 Å². The van der Waals surface area contributed by atoms with Crippen molar-refractivity contribution in [3.05, 3.63) is 35.4 Å². The summed E-state index contributed by atoms with van der Waals surface area (Å²) < 4.78 is 112. The van der Waals surface area contributed by atoms with Crippen LogP contribution in [0.25, 0.3) is 0 Å². The second-order valence-corrected chi connectivity index (χ2v) is 7.62. The average molecular weight is 506 g/mol. The smallest absolute Gasteiger partial charge is 0.381 e. The second-order valence-electron chi connectivity index (χ2n) is 7.62. The van der Waals surface area contributed by atoms with Crippen LogP contribution in [0.4, 0.5) is 35.1 Å². The molecule has 0 aromatic heterocycles. The number of rotatable bonds is 15. The summed E-state index contributed by atoms with van der Waals surface area (Å²) in [7, 11) is 0. The maximum absolute atomic E-state index is 13.5. The van der Waals surface area contributed by atoms with Crippen LogP contribution >= 0.6 is 0 Å². The van der Waals surface area contributed by atoms with Crippen LogP contribution in [0.15, 0.2) is 24.3 Å². The van der Waals surface area contributed by atoms with E-state index in [0.717, 1.165) is 56.7 Å². The molecular weight excluding hydrogens is 480 g/mol. The molecule has 0 unspecified atom stereocenters. The minimum Gasteiger partial charge on any atom is -0.462 e. The first-order chi connectivity index (χ1) is 15.8. The van der Waals surface area contributed by atoms with Crippen LogP contribution in [-0.4, -0.2) is 49.3 Å². The standard InChI is InChI=1S/C22H26F8O4/c1-2-3-4-5-6-7-8-12-33-17(31)15-10-9-11-16(13-15)18(32)34-14-20(25,26)22(29,30)21(27,28)19(23)24/h9-11,13,19H,2-8,12,14H2,1H3. The van der Waals surface area contributed by atoms with Crippen LogP contribution in [0, 0.1) is 0 Å². The fraction of sp³-hybridized carbons (Fsp3) is 0.636. The van der Waals surface area contributed by atoms with Gasteiger partial charge in [0.2, 0.25) is 0 Å². The van der Waals surface area contributed by atoms with E-state index < -0.39 is 48.3 Å². The molecule has 0 aliphatic rings. The van der Waals surface area contributed by atoms with E-state index in [9.17, 15) is 44.7 Å². The predicted octanol–water partition coefficient (Wildman–Crippen LogP) is 6.92. The molecule has 0 saturated carbocycles. The molecule has 194 valence electrons. The van der Waals surface area contributed by atoms with Crippen LogP contribution in [0.3, 0.4) is 0 Å². The lowest BCUT2D eigenvalue weighted by Crippen LogP contribution is -2.59. The van der Waals surface area contributed by atoms with Gasteiger partial charge in [0.25, 0.3) is 0 Å². The highest BCUT2D eigenvalue weighted by molar-refractivity contribution is 5.95. The molecule has 0 aliphatic carbocycles. The van der Waals surface area contributed by atoms with Gasteiger partial charge in [0, 0.05) is 0 Å². The summed E-state index contributed by atoms with van der Waals surface area (Å²) in [5, 5.41) is 0. The molecule has 1 aromatic rings. The van der Waals surface area contributed by atoms with Crippen molar-refractivity contribution < 1.29 is 54.2 Å². The minimum absolute atomic E-state index is 0.0982.